The second kappa shape index (κ2) is 7.22. The van der Waals surface area contributed by atoms with E-state index in [0.29, 0.717) is 6.42 Å². The van der Waals surface area contributed by atoms with Gasteiger partial charge in [-0.05, 0) is 60.6 Å². The summed E-state index contributed by atoms with van der Waals surface area (Å²) in [6.45, 7) is 0.874. The fraction of sp³-hybridized carbons (Fsp3) is 0.312. The molecule has 3 nitrogen and oxygen atoms in total. The van der Waals surface area contributed by atoms with Crippen LogP contribution < -0.4 is 5.32 Å². The molecule has 2 aromatic rings. The van der Waals surface area contributed by atoms with Crippen LogP contribution in [-0.4, -0.2) is 24.9 Å². The number of anilines is 1. The number of carbonyl (C=O) groups excluding carboxylic acids is 1. The van der Waals surface area contributed by atoms with Gasteiger partial charge >= 0.3 is 0 Å². The van der Waals surface area contributed by atoms with Crippen LogP contribution >= 0.6 is 11.3 Å². The van der Waals surface area contributed by atoms with E-state index in [1.807, 2.05) is 37.7 Å². The van der Waals surface area contributed by atoms with Crippen molar-refractivity contribution in [1.29, 1.82) is 0 Å². The summed E-state index contributed by atoms with van der Waals surface area (Å²) in [5.74, 6) is 0.0678. The van der Waals surface area contributed by atoms with Crippen LogP contribution in [0.2, 0.25) is 0 Å². The van der Waals surface area contributed by atoms with Crippen LogP contribution in [0.15, 0.2) is 41.1 Å². The Bertz CT molecular complexity index is 549. The zero-order chi connectivity index (χ0) is 14.4. The summed E-state index contributed by atoms with van der Waals surface area (Å²) < 4.78 is 0. The predicted octanol–water partition coefficient (Wildman–Crippen LogP) is 3.38. The third-order valence-electron chi connectivity index (χ3n) is 2.93. The van der Waals surface area contributed by atoms with Gasteiger partial charge in [-0.3, -0.25) is 4.79 Å². The van der Waals surface area contributed by atoms with E-state index < -0.39 is 0 Å². The smallest absolute Gasteiger partial charge is 0.224 e. The van der Waals surface area contributed by atoms with E-state index in [1.54, 1.807) is 11.3 Å². The molecule has 0 radical (unpaired) electrons. The Morgan fingerprint density at radius 1 is 1.25 bits per heavy atom. The van der Waals surface area contributed by atoms with Crippen molar-refractivity contribution in [1.82, 2.24) is 4.90 Å². The molecule has 1 heterocycles. The molecule has 0 spiro atoms. The molecule has 0 aliphatic rings. The number of thiophene rings is 1. The summed E-state index contributed by atoms with van der Waals surface area (Å²) in [6, 6.07) is 10.1. The molecule has 0 atom stereocenters. The minimum absolute atomic E-state index is 0.0678. The quantitative estimate of drug-likeness (QED) is 0.884. The minimum atomic E-state index is 0.0678. The fourth-order valence-corrected chi connectivity index (χ4v) is 2.73. The van der Waals surface area contributed by atoms with Gasteiger partial charge in [0, 0.05) is 18.7 Å². The fourth-order valence-electron chi connectivity index (χ4n) is 2.03. The van der Waals surface area contributed by atoms with Gasteiger partial charge in [-0.1, -0.05) is 12.1 Å². The zero-order valence-corrected chi connectivity index (χ0v) is 12.7. The van der Waals surface area contributed by atoms with E-state index in [9.17, 15) is 4.79 Å². The van der Waals surface area contributed by atoms with Gasteiger partial charge in [0.1, 0.15) is 0 Å². The molecule has 0 fully saturated rings. The highest BCUT2D eigenvalue weighted by Gasteiger charge is 2.04. The summed E-state index contributed by atoms with van der Waals surface area (Å²) >= 11 is 1.67. The average molecular weight is 288 g/mol. The molecular weight excluding hydrogens is 268 g/mol. The molecule has 0 aliphatic carbocycles. The molecule has 106 valence electrons. The summed E-state index contributed by atoms with van der Waals surface area (Å²) in [5, 5.41) is 7.09. The maximum atomic E-state index is 11.9. The Kier molecular flexibility index (Phi) is 5.32. The third-order valence-corrected chi connectivity index (χ3v) is 3.66. The lowest BCUT2D eigenvalue weighted by atomic mass is 10.1. The largest absolute Gasteiger partial charge is 0.326 e. The van der Waals surface area contributed by atoms with Crippen LogP contribution in [-0.2, 0) is 17.8 Å². The number of hydrogen-bond acceptors (Lipinski definition) is 3. The van der Waals surface area contributed by atoms with Crippen molar-refractivity contribution in [3.63, 3.8) is 0 Å². The summed E-state index contributed by atoms with van der Waals surface area (Å²) in [5.41, 5.74) is 3.30. The molecule has 0 saturated heterocycles. The van der Waals surface area contributed by atoms with Gasteiger partial charge in [0.25, 0.3) is 0 Å². The van der Waals surface area contributed by atoms with E-state index >= 15 is 0 Å². The summed E-state index contributed by atoms with van der Waals surface area (Å²) in [6.07, 6.45) is 1.32. The molecule has 0 saturated carbocycles. The molecule has 0 unspecified atom stereocenters. The molecule has 1 aromatic heterocycles. The van der Waals surface area contributed by atoms with Gasteiger partial charge in [-0.25, -0.2) is 0 Å². The Morgan fingerprint density at radius 3 is 2.80 bits per heavy atom. The molecule has 1 N–H and O–H groups in total. The van der Waals surface area contributed by atoms with Crippen LogP contribution in [0.1, 0.15) is 17.5 Å². The molecule has 4 heteroatoms. The lowest BCUT2D eigenvalue weighted by Gasteiger charge is -2.11. The molecule has 20 heavy (non-hydrogen) atoms. The first-order valence-electron chi connectivity index (χ1n) is 6.68. The summed E-state index contributed by atoms with van der Waals surface area (Å²) in [4.78, 5) is 14.0. The molecule has 2 rings (SSSR count). The van der Waals surface area contributed by atoms with Gasteiger partial charge in [-0.15, -0.1) is 0 Å². The molecule has 1 aromatic carbocycles. The summed E-state index contributed by atoms with van der Waals surface area (Å²) in [7, 11) is 4.07. The van der Waals surface area contributed by atoms with Crippen molar-refractivity contribution in [2.75, 3.05) is 19.4 Å². The van der Waals surface area contributed by atoms with Crippen LogP contribution in [0.3, 0.4) is 0 Å². The van der Waals surface area contributed by atoms with E-state index in [2.05, 4.69) is 27.7 Å². The predicted molar refractivity (Wildman–Crippen MR) is 85.1 cm³/mol. The SMILES string of the molecule is CN(C)Cc1cccc(NC(=O)CCc2ccsc2)c1. The Morgan fingerprint density at radius 2 is 2.10 bits per heavy atom. The first-order chi connectivity index (χ1) is 9.63. The number of carbonyl (C=O) groups is 1. The van der Waals surface area contributed by atoms with E-state index in [1.165, 1.54) is 11.1 Å². The van der Waals surface area contributed by atoms with E-state index in [-0.39, 0.29) is 5.91 Å². The maximum absolute atomic E-state index is 11.9. The Labute approximate surface area is 124 Å². The molecule has 1 amide bonds. The maximum Gasteiger partial charge on any atom is 0.224 e. The molecular formula is C16H20N2OS. The van der Waals surface area contributed by atoms with Crippen molar-refractivity contribution in [3.8, 4) is 0 Å². The van der Waals surface area contributed by atoms with Crippen molar-refractivity contribution in [2.24, 2.45) is 0 Å². The van der Waals surface area contributed by atoms with Crippen molar-refractivity contribution < 1.29 is 4.79 Å². The number of benzene rings is 1. The number of rotatable bonds is 6. The van der Waals surface area contributed by atoms with Crippen LogP contribution in [0.25, 0.3) is 0 Å². The number of hydrogen-bond donors (Lipinski definition) is 1. The van der Waals surface area contributed by atoms with Crippen molar-refractivity contribution in [2.45, 2.75) is 19.4 Å². The van der Waals surface area contributed by atoms with Gasteiger partial charge in [-0.2, -0.15) is 11.3 Å². The second-order valence-electron chi connectivity index (χ2n) is 5.12. The zero-order valence-electron chi connectivity index (χ0n) is 11.9. The van der Waals surface area contributed by atoms with E-state index in [4.69, 9.17) is 0 Å². The highest BCUT2D eigenvalue weighted by Crippen LogP contribution is 2.13. The van der Waals surface area contributed by atoms with Crippen LogP contribution in [0.5, 0.6) is 0 Å². The van der Waals surface area contributed by atoms with Gasteiger partial charge < -0.3 is 10.2 Å². The Hall–Kier alpha value is -1.65. The van der Waals surface area contributed by atoms with Crippen molar-refractivity contribution in [3.05, 3.63) is 52.2 Å². The van der Waals surface area contributed by atoms with Gasteiger partial charge in [0.2, 0.25) is 5.91 Å². The monoisotopic (exact) mass is 288 g/mol. The van der Waals surface area contributed by atoms with Crippen LogP contribution in [0.4, 0.5) is 5.69 Å². The van der Waals surface area contributed by atoms with Gasteiger partial charge in [0.15, 0.2) is 0 Å². The van der Waals surface area contributed by atoms with Gasteiger partial charge in [0.05, 0.1) is 0 Å². The topological polar surface area (TPSA) is 32.3 Å². The standard InChI is InChI=1S/C16H20N2OS/c1-18(2)11-14-4-3-5-15(10-14)17-16(19)7-6-13-8-9-20-12-13/h3-5,8-10,12H,6-7,11H2,1-2H3,(H,17,19). The lowest BCUT2D eigenvalue weighted by Crippen LogP contribution is -2.13. The number of amides is 1. The Balaban J connectivity index is 1.87. The third kappa shape index (κ3) is 4.79. The second-order valence-corrected chi connectivity index (χ2v) is 5.90. The highest BCUT2D eigenvalue weighted by atomic mass is 32.1. The molecule has 0 bridgehead atoms. The highest BCUT2D eigenvalue weighted by molar-refractivity contribution is 7.07. The number of aryl methyl sites for hydroxylation is 1. The first-order valence-corrected chi connectivity index (χ1v) is 7.62. The number of nitrogens with one attached hydrogen (secondary N) is 1. The minimum Gasteiger partial charge on any atom is -0.326 e. The average Bonchev–Trinajstić information content (AvgIpc) is 2.89. The normalized spacial score (nSPS) is 10.8. The number of nitrogens with zero attached hydrogens (tertiary/aromatic N) is 1. The van der Waals surface area contributed by atoms with E-state index in [0.717, 1.165) is 18.7 Å². The van der Waals surface area contributed by atoms with Crippen LogP contribution in [0, 0.1) is 0 Å². The molecule has 0 aliphatic heterocycles. The lowest BCUT2D eigenvalue weighted by molar-refractivity contribution is -0.116. The first kappa shape index (κ1) is 14.8. The van der Waals surface area contributed by atoms with Crippen molar-refractivity contribution >= 4 is 22.9 Å².